The summed E-state index contributed by atoms with van der Waals surface area (Å²) in [5.74, 6) is 0. The number of nitrogens with zero attached hydrogens (tertiary/aromatic N) is 3. The van der Waals surface area contributed by atoms with Crippen molar-refractivity contribution in [3.05, 3.63) is 362 Å². The zero-order valence-corrected chi connectivity index (χ0v) is 69.3. The molecule has 2 aliphatic rings. The maximum Gasteiger partial charge on any atom is 0.252 e. The quantitative estimate of drug-likeness (QED) is 0.105. The lowest BCUT2D eigenvalue weighted by atomic mass is 9.33. The van der Waals surface area contributed by atoms with Crippen LogP contribution in [0, 0.1) is 0 Å². The molecule has 4 heteroatoms. The molecule has 0 unspecified atom stereocenters. The molecule has 0 saturated heterocycles. The van der Waals surface area contributed by atoms with Crippen molar-refractivity contribution in [1.82, 2.24) is 4.57 Å². The summed E-state index contributed by atoms with van der Waals surface area (Å²) in [4.78, 5) is 5.49. The van der Waals surface area contributed by atoms with E-state index in [2.05, 4.69) is 437 Å². The van der Waals surface area contributed by atoms with E-state index in [9.17, 15) is 0 Å². The largest absolute Gasteiger partial charge is 0.310 e. The normalized spacial score (nSPS) is 13.2. The topological polar surface area (TPSA) is 11.4 Å². The van der Waals surface area contributed by atoms with Crippen LogP contribution in [0.2, 0.25) is 0 Å². The molecule has 0 spiro atoms. The second-order valence-corrected chi connectivity index (χ2v) is 37.6. The van der Waals surface area contributed by atoms with E-state index in [4.69, 9.17) is 0 Å². The van der Waals surface area contributed by atoms with Gasteiger partial charge in [0.2, 0.25) is 0 Å². The van der Waals surface area contributed by atoms with Gasteiger partial charge in [-0.15, -0.1) is 0 Å². The molecule has 0 radical (unpaired) electrons. The van der Waals surface area contributed by atoms with E-state index in [0.717, 1.165) is 106 Å². The lowest BCUT2D eigenvalue weighted by Crippen LogP contribution is -2.61. The lowest BCUT2D eigenvalue weighted by molar-refractivity contribution is 0.591. The highest BCUT2D eigenvalue weighted by atomic mass is 15.2. The van der Waals surface area contributed by atoms with Crippen LogP contribution in [-0.2, 0) is 21.7 Å². The third kappa shape index (κ3) is 11.2. The smallest absolute Gasteiger partial charge is 0.252 e. The van der Waals surface area contributed by atoms with E-state index in [0.29, 0.717) is 0 Å². The van der Waals surface area contributed by atoms with E-state index >= 15 is 0 Å². The van der Waals surface area contributed by atoms with E-state index in [1.807, 2.05) is 0 Å². The number of hydrogen-bond donors (Lipinski definition) is 0. The van der Waals surface area contributed by atoms with Crippen molar-refractivity contribution in [3.8, 4) is 72.4 Å². The van der Waals surface area contributed by atoms with E-state index < -0.39 is 0 Å². The Balaban J connectivity index is 0.934. The molecule has 0 bridgehead atoms. The Morgan fingerprint density at radius 1 is 0.220 bits per heavy atom. The van der Waals surface area contributed by atoms with Crippen LogP contribution in [0.15, 0.2) is 340 Å². The summed E-state index contributed by atoms with van der Waals surface area (Å²) >= 11 is 0. The third-order valence-corrected chi connectivity index (χ3v) is 26.1. The Morgan fingerprint density at radius 3 is 0.881 bits per heavy atom. The van der Waals surface area contributed by atoms with Crippen molar-refractivity contribution >= 4 is 144 Å². The van der Waals surface area contributed by atoms with Crippen LogP contribution < -0.4 is 26.2 Å². The highest BCUT2D eigenvalue weighted by Gasteiger charge is 2.46. The Bertz CT molecular complexity index is 6950. The maximum atomic E-state index is 2.75. The van der Waals surface area contributed by atoms with E-state index in [1.165, 1.54) is 125 Å². The van der Waals surface area contributed by atoms with Gasteiger partial charge < -0.3 is 14.4 Å². The Hall–Kier alpha value is -13.3. The number of hydrogen-bond acceptors (Lipinski definition) is 2. The van der Waals surface area contributed by atoms with Crippen LogP contribution >= 0.6 is 0 Å². The summed E-state index contributed by atoms with van der Waals surface area (Å²) < 4.78 is 2.57. The molecule has 22 rings (SSSR count). The van der Waals surface area contributed by atoms with Crippen molar-refractivity contribution in [2.24, 2.45) is 0 Å². The highest BCUT2D eigenvalue weighted by Crippen LogP contribution is 2.56. The summed E-state index contributed by atoms with van der Waals surface area (Å²) in [5, 5.41) is 17.9. The molecule has 20 aromatic rings. The summed E-state index contributed by atoms with van der Waals surface area (Å²) in [5.41, 5.74) is 32.4. The zero-order chi connectivity index (χ0) is 80.2. The van der Waals surface area contributed by atoms with Gasteiger partial charge in [0.05, 0.1) is 28.1 Å². The van der Waals surface area contributed by atoms with Gasteiger partial charge in [-0.3, -0.25) is 0 Å². The lowest BCUT2D eigenvalue weighted by Gasteiger charge is -2.46. The van der Waals surface area contributed by atoms with Crippen molar-refractivity contribution < 1.29 is 0 Å². The fourth-order valence-corrected chi connectivity index (χ4v) is 20.1. The van der Waals surface area contributed by atoms with E-state index in [1.54, 1.807) is 0 Å². The molecule has 3 heterocycles. The fourth-order valence-electron chi connectivity index (χ4n) is 20.1. The first-order valence-corrected chi connectivity index (χ1v) is 42.1. The average Bonchev–Trinajstić information content (AvgIpc) is 0.777. The summed E-state index contributed by atoms with van der Waals surface area (Å²) in [6.45, 7) is 28.0. The van der Waals surface area contributed by atoms with Crippen LogP contribution in [0.5, 0.6) is 0 Å². The molecule has 0 fully saturated rings. The average molecular weight is 1510 g/mol. The predicted molar refractivity (Wildman–Crippen MR) is 510 cm³/mol. The van der Waals surface area contributed by atoms with Crippen LogP contribution in [0.25, 0.3) is 159 Å². The standard InChI is InChI=1S/C114H92BN3/c1-111(2,3)81-55-75-47-49-77-57-83(113(7,8)9)65-94-92(61-79(59-81)104(75)106(77)94)73-51-53-96-100(63-73)117(109-86(69-31-17-13-18-32-69)41-29-42-87(109)70-33-19-14-20-34-70)102-67-85(116-98-45-27-25-39-90(98)91-40-26-28-46-99(91)116)68-103-108(102)115(96)97-54-52-74(64-101(97)118(103)110-88(71-35-21-15-22-36-71)43-30-44-89(110)72-37-23-16-24-38-72)93-62-80-60-82(112(4,5)6)56-76-48-50-78-58-84(114(10,11)12)66-95(93)107(78)105(76)80/h13-68H,1-12H3. The molecular formula is C114H92BN3. The summed E-state index contributed by atoms with van der Waals surface area (Å²) in [6, 6.07) is 132. The minimum absolute atomic E-state index is 0.0873. The SMILES string of the molecule is CC(C)(C)c1cc2ccc3cc(C(C)(C)C)cc4c(-c5ccc6c(c5)N(c5c(-c7ccccc7)cccc5-c5ccccc5)c5cc(-n7c8ccccc8c8ccccc87)cc7c5B6c5ccc(-c6cc8cc(C(C)(C)C)cc9ccc%10cc(C(C)(C)C)cc6c%10c98)cc5N7c5c(-c6ccccc6)cccc5-c5ccccc5)cc(c1)c2c34. The third-order valence-electron chi connectivity index (χ3n) is 26.1. The molecule has 2 aliphatic heterocycles. The molecular weight excluding hydrogens is 1420 g/mol. The first-order chi connectivity index (χ1) is 57.1. The minimum atomic E-state index is -0.300. The second kappa shape index (κ2) is 26.1. The second-order valence-electron chi connectivity index (χ2n) is 37.6. The van der Waals surface area contributed by atoms with Gasteiger partial charge in [0.25, 0.3) is 6.71 Å². The van der Waals surface area contributed by atoms with Crippen molar-refractivity contribution in [2.75, 3.05) is 9.80 Å². The first kappa shape index (κ1) is 71.3. The summed E-state index contributed by atoms with van der Waals surface area (Å²) in [7, 11) is 0. The monoisotopic (exact) mass is 1510 g/mol. The van der Waals surface area contributed by atoms with Gasteiger partial charge in [-0.05, 0) is 230 Å². The number of rotatable bonds is 9. The highest BCUT2D eigenvalue weighted by molar-refractivity contribution is 7.00. The van der Waals surface area contributed by atoms with Gasteiger partial charge in [-0.1, -0.05) is 362 Å². The zero-order valence-electron chi connectivity index (χ0n) is 69.3. The van der Waals surface area contributed by atoms with Crippen LogP contribution in [0.1, 0.15) is 105 Å². The first-order valence-electron chi connectivity index (χ1n) is 42.1. The van der Waals surface area contributed by atoms with Gasteiger partial charge in [-0.2, -0.15) is 0 Å². The number of anilines is 6. The molecule has 0 aliphatic carbocycles. The van der Waals surface area contributed by atoms with Gasteiger partial charge in [-0.25, -0.2) is 0 Å². The molecule has 19 aromatic carbocycles. The van der Waals surface area contributed by atoms with Crippen molar-refractivity contribution in [1.29, 1.82) is 0 Å². The van der Waals surface area contributed by atoms with Gasteiger partial charge in [0.15, 0.2) is 0 Å². The Kier molecular flexibility index (Phi) is 15.8. The van der Waals surface area contributed by atoms with Crippen molar-refractivity contribution in [2.45, 2.75) is 105 Å². The maximum absolute atomic E-state index is 2.75. The summed E-state index contributed by atoms with van der Waals surface area (Å²) in [6.07, 6.45) is 0. The molecule has 0 amide bonds. The molecule has 0 atom stereocenters. The number of aromatic nitrogens is 1. The number of fused-ring (bicyclic) bond motifs is 7. The Labute approximate surface area is 692 Å². The van der Waals surface area contributed by atoms with Gasteiger partial charge in [0.1, 0.15) is 0 Å². The molecule has 0 saturated carbocycles. The predicted octanol–water partition coefficient (Wildman–Crippen LogP) is 29.9. The van der Waals surface area contributed by atoms with Crippen molar-refractivity contribution in [3.63, 3.8) is 0 Å². The van der Waals surface area contributed by atoms with Crippen LogP contribution in [-0.4, -0.2) is 11.3 Å². The Morgan fingerprint density at radius 2 is 0.534 bits per heavy atom. The number of benzene rings is 19. The van der Waals surface area contributed by atoms with Gasteiger partial charge in [0, 0.05) is 55.8 Å². The molecule has 0 N–H and O–H groups in total. The molecule has 118 heavy (non-hydrogen) atoms. The van der Waals surface area contributed by atoms with E-state index in [-0.39, 0.29) is 28.4 Å². The van der Waals surface area contributed by atoms with Crippen LogP contribution in [0.4, 0.5) is 34.1 Å². The fraction of sp³-hybridized carbons (Fsp3) is 0.140. The van der Waals surface area contributed by atoms with Crippen LogP contribution in [0.3, 0.4) is 0 Å². The molecule has 1 aromatic heterocycles. The van der Waals surface area contributed by atoms with Gasteiger partial charge >= 0.3 is 0 Å². The number of para-hydroxylation sites is 4. The minimum Gasteiger partial charge on any atom is -0.310 e. The molecule has 3 nitrogen and oxygen atoms in total. The molecule has 566 valence electrons.